The van der Waals surface area contributed by atoms with E-state index < -0.39 is 0 Å². The van der Waals surface area contributed by atoms with E-state index in [1.54, 1.807) is 0 Å². The highest BCUT2D eigenvalue weighted by molar-refractivity contribution is 7.09. The molecule has 0 fully saturated rings. The summed E-state index contributed by atoms with van der Waals surface area (Å²) in [5.41, 5.74) is 0. The quantitative estimate of drug-likeness (QED) is 0.657. The van der Waals surface area contributed by atoms with Crippen molar-refractivity contribution in [2.75, 3.05) is 20.1 Å². The Kier molecular flexibility index (Phi) is 8.35. The Hall–Kier alpha value is -0.380. The van der Waals surface area contributed by atoms with Gasteiger partial charge < -0.3 is 5.32 Å². The first-order valence-electron chi connectivity index (χ1n) is 7.64. The highest BCUT2D eigenvalue weighted by Crippen LogP contribution is 2.16. The van der Waals surface area contributed by atoms with Crippen molar-refractivity contribution in [3.8, 4) is 0 Å². The molecule has 0 saturated carbocycles. The summed E-state index contributed by atoms with van der Waals surface area (Å²) in [5, 5.41) is 5.75. The van der Waals surface area contributed by atoms with E-state index >= 15 is 0 Å². The second-order valence-corrected chi connectivity index (χ2v) is 6.48. The fraction of sp³-hybridized carbons (Fsp3) is 0.750. The molecule has 1 N–H and O–H groups in total. The second kappa shape index (κ2) is 9.51. The molecule has 19 heavy (non-hydrogen) atoms. The van der Waals surface area contributed by atoms with Gasteiger partial charge in [-0.25, -0.2) is 0 Å². The lowest BCUT2D eigenvalue weighted by Crippen LogP contribution is -2.45. The van der Waals surface area contributed by atoms with Crippen molar-refractivity contribution in [3.05, 3.63) is 22.4 Å². The summed E-state index contributed by atoms with van der Waals surface area (Å²) in [5.74, 6) is 0. The van der Waals surface area contributed by atoms with E-state index in [0.717, 1.165) is 13.1 Å². The van der Waals surface area contributed by atoms with Gasteiger partial charge in [0.2, 0.25) is 0 Å². The van der Waals surface area contributed by atoms with E-state index in [0.29, 0.717) is 12.1 Å². The summed E-state index contributed by atoms with van der Waals surface area (Å²) in [4.78, 5) is 4.06. The van der Waals surface area contributed by atoms with Gasteiger partial charge in [0.25, 0.3) is 0 Å². The van der Waals surface area contributed by atoms with Gasteiger partial charge in [-0.05, 0) is 51.2 Å². The third-order valence-corrected chi connectivity index (χ3v) is 4.68. The molecule has 0 aliphatic rings. The van der Waals surface area contributed by atoms with Gasteiger partial charge in [0.05, 0.1) is 0 Å². The Morgan fingerprint density at radius 3 is 2.68 bits per heavy atom. The lowest BCUT2D eigenvalue weighted by molar-refractivity contribution is 0.170. The predicted molar refractivity (Wildman–Crippen MR) is 87.1 cm³/mol. The van der Waals surface area contributed by atoms with Crippen LogP contribution in [-0.2, 0) is 6.42 Å². The van der Waals surface area contributed by atoms with E-state index in [2.05, 4.69) is 55.5 Å². The van der Waals surface area contributed by atoms with Crippen molar-refractivity contribution >= 4 is 11.3 Å². The molecule has 0 spiro atoms. The van der Waals surface area contributed by atoms with Gasteiger partial charge in [0.1, 0.15) is 0 Å². The zero-order valence-electron chi connectivity index (χ0n) is 13.0. The largest absolute Gasteiger partial charge is 0.315 e. The van der Waals surface area contributed by atoms with E-state index in [1.807, 2.05) is 11.3 Å². The molecule has 2 unspecified atom stereocenters. The van der Waals surface area contributed by atoms with Crippen molar-refractivity contribution < 1.29 is 0 Å². The van der Waals surface area contributed by atoms with Crippen LogP contribution < -0.4 is 5.32 Å². The molecule has 0 saturated heterocycles. The molecular formula is C16H30N2S. The molecule has 2 atom stereocenters. The van der Waals surface area contributed by atoms with Crippen LogP contribution in [0.2, 0.25) is 0 Å². The minimum absolute atomic E-state index is 0.610. The maximum atomic E-state index is 3.58. The zero-order valence-corrected chi connectivity index (χ0v) is 13.8. The third-order valence-electron chi connectivity index (χ3n) is 3.78. The zero-order chi connectivity index (χ0) is 14.1. The number of likely N-dealkylation sites (N-methyl/N-ethyl adjacent to an activating group) is 1. The van der Waals surface area contributed by atoms with Gasteiger partial charge in [-0.15, -0.1) is 11.3 Å². The molecular weight excluding hydrogens is 252 g/mol. The molecule has 1 heterocycles. The first kappa shape index (κ1) is 16.7. The van der Waals surface area contributed by atoms with Crippen LogP contribution in [0.4, 0.5) is 0 Å². The minimum atomic E-state index is 0.610. The molecule has 1 aromatic heterocycles. The van der Waals surface area contributed by atoms with E-state index in [-0.39, 0.29) is 0 Å². The van der Waals surface area contributed by atoms with Crippen LogP contribution in [0.25, 0.3) is 0 Å². The van der Waals surface area contributed by atoms with Crippen LogP contribution in [0.3, 0.4) is 0 Å². The average molecular weight is 282 g/mol. The normalized spacial score (nSPS) is 14.8. The molecule has 2 nitrogen and oxygen atoms in total. The number of rotatable bonds is 10. The maximum Gasteiger partial charge on any atom is 0.0220 e. The van der Waals surface area contributed by atoms with Crippen LogP contribution >= 0.6 is 11.3 Å². The first-order valence-corrected chi connectivity index (χ1v) is 8.52. The summed E-state index contributed by atoms with van der Waals surface area (Å²) in [6, 6.07) is 5.67. The van der Waals surface area contributed by atoms with Gasteiger partial charge in [-0.1, -0.05) is 26.3 Å². The SMILES string of the molecule is CCCNCC(CCC)N(C)C(C)Cc1cccs1. The summed E-state index contributed by atoms with van der Waals surface area (Å²) in [6.45, 7) is 9.11. The van der Waals surface area contributed by atoms with Gasteiger partial charge in [-0.2, -0.15) is 0 Å². The fourth-order valence-corrected chi connectivity index (χ4v) is 3.28. The molecule has 0 aliphatic carbocycles. The number of hydrogen-bond acceptors (Lipinski definition) is 3. The summed E-state index contributed by atoms with van der Waals surface area (Å²) in [7, 11) is 2.28. The second-order valence-electron chi connectivity index (χ2n) is 5.44. The number of nitrogens with zero attached hydrogens (tertiary/aromatic N) is 1. The van der Waals surface area contributed by atoms with Crippen molar-refractivity contribution in [1.82, 2.24) is 10.2 Å². The Morgan fingerprint density at radius 2 is 2.11 bits per heavy atom. The van der Waals surface area contributed by atoms with Gasteiger partial charge >= 0.3 is 0 Å². The maximum absolute atomic E-state index is 3.58. The standard InChI is InChI=1S/C16H30N2S/c1-5-8-15(13-17-10-6-2)18(4)14(3)12-16-9-7-11-19-16/h7,9,11,14-15,17H,5-6,8,10,12-13H2,1-4H3. The Bertz CT molecular complexity index is 311. The van der Waals surface area contributed by atoms with Crippen LogP contribution in [0.5, 0.6) is 0 Å². The number of thiophene rings is 1. The molecule has 1 aromatic rings. The molecule has 0 aromatic carbocycles. The van der Waals surface area contributed by atoms with Crippen LogP contribution in [0, 0.1) is 0 Å². The van der Waals surface area contributed by atoms with Crippen molar-refractivity contribution in [3.63, 3.8) is 0 Å². The molecule has 0 radical (unpaired) electrons. The van der Waals surface area contributed by atoms with E-state index in [1.165, 1.54) is 30.6 Å². The monoisotopic (exact) mass is 282 g/mol. The number of nitrogens with one attached hydrogen (secondary N) is 1. The highest BCUT2D eigenvalue weighted by Gasteiger charge is 2.19. The molecule has 0 bridgehead atoms. The predicted octanol–water partition coefficient (Wildman–Crippen LogP) is 3.78. The Balaban J connectivity index is 2.46. The first-order chi connectivity index (χ1) is 9.19. The Labute approximate surface area is 123 Å². The molecule has 0 amide bonds. The van der Waals surface area contributed by atoms with E-state index in [9.17, 15) is 0 Å². The van der Waals surface area contributed by atoms with Gasteiger partial charge in [-0.3, -0.25) is 4.90 Å². The van der Waals surface area contributed by atoms with Crippen LogP contribution in [-0.4, -0.2) is 37.1 Å². The molecule has 3 heteroatoms. The summed E-state index contributed by atoms with van der Waals surface area (Å²) >= 11 is 1.87. The van der Waals surface area contributed by atoms with Crippen molar-refractivity contribution in [1.29, 1.82) is 0 Å². The van der Waals surface area contributed by atoms with Crippen LogP contribution in [0.1, 0.15) is 44.9 Å². The lowest BCUT2D eigenvalue weighted by Gasteiger charge is -2.33. The molecule has 0 aliphatic heterocycles. The fourth-order valence-electron chi connectivity index (χ4n) is 2.45. The molecule has 1 rings (SSSR count). The highest BCUT2D eigenvalue weighted by atomic mass is 32.1. The summed E-state index contributed by atoms with van der Waals surface area (Å²) < 4.78 is 0. The third kappa shape index (κ3) is 6.07. The number of hydrogen-bond donors (Lipinski definition) is 1. The average Bonchev–Trinajstić information content (AvgIpc) is 2.90. The van der Waals surface area contributed by atoms with Gasteiger partial charge in [0.15, 0.2) is 0 Å². The minimum Gasteiger partial charge on any atom is -0.315 e. The van der Waals surface area contributed by atoms with E-state index in [4.69, 9.17) is 0 Å². The lowest BCUT2D eigenvalue weighted by atomic mass is 10.1. The van der Waals surface area contributed by atoms with Crippen molar-refractivity contribution in [2.24, 2.45) is 0 Å². The van der Waals surface area contributed by atoms with Crippen molar-refractivity contribution in [2.45, 2.75) is 58.5 Å². The van der Waals surface area contributed by atoms with Crippen LogP contribution in [0.15, 0.2) is 17.5 Å². The Morgan fingerprint density at radius 1 is 1.32 bits per heavy atom. The summed E-state index contributed by atoms with van der Waals surface area (Å²) in [6.07, 6.45) is 4.92. The molecule has 110 valence electrons. The van der Waals surface area contributed by atoms with Gasteiger partial charge in [0, 0.05) is 23.5 Å². The smallest absolute Gasteiger partial charge is 0.0220 e. The topological polar surface area (TPSA) is 15.3 Å².